The van der Waals surface area contributed by atoms with E-state index < -0.39 is 0 Å². The average molecular weight is 221 g/mol. The van der Waals surface area contributed by atoms with Crippen LogP contribution >= 0.6 is 0 Å². The molecule has 0 saturated carbocycles. The molecule has 0 aromatic carbocycles. The number of carbonyl (C=O) groups excluding carboxylic acids is 2. The second-order valence-corrected chi connectivity index (χ2v) is 3.73. The molecule has 2 amide bonds. The lowest BCUT2D eigenvalue weighted by atomic mass is 10.2. The number of hydrogen-bond donors (Lipinski definition) is 2. The lowest BCUT2D eigenvalue weighted by Gasteiger charge is -2.08. The Kier molecular flexibility index (Phi) is 3.99. The topological polar surface area (TPSA) is 71.1 Å². The molecule has 5 nitrogen and oxygen atoms in total. The number of aromatic nitrogens is 1. The number of rotatable bonds is 3. The Hall–Kier alpha value is -1.91. The lowest BCUT2D eigenvalue weighted by Crippen LogP contribution is -2.19. The monoisotopic (exact) mass is 221 g/mol. The van der Waals surface area contributed by atoms with E-state index in [1.54, 1.807) is 32.0 Å². The number of carbonyl (C=O) groups is 2. The Morgan fingerprint density at radius 2 is 1.75 bits per heavy atom. The minimum atomic E-state index is -0.195. The summed E-state index contributed by atoms with van der Waals surface area (Å²) in [7, 11) is 0. The molecule has 0 aliphatic heterocycles. The van der Waals surface area contributed by atoms with Gasteiger partial charge in [0.05, 0.1) is 0 Å². The van der Waals surface area contributed by atoms with Gasteiger partial charge in [-0.2, -0.15) is 0 Å². The third kappa shape index (κ3) is 3.68. The molecule has 0 saturated heterocycles. The SMILES string of the molecule is CC(=O)Nc1cccc(NC(=O)C(C)C)n1. The first-order chi connectivity index (χ1) is 7.49. The highest BCUT2D eigenvalue weighted by atomic mass is 16.2. The zero-order valence-corrected chi connectivity index (χ0v) is 9.57. The summed E-state index contributed by atoms with van der Waals surface area (Å²) in [6.45, 7) is 5.00. The van der Waals surface area contributed by atoms with Crippen LogP contribution in [0.5, 0.6) is 0 Å². The molecule has 0 bridgehead atoms. The highest BCUT2D eigenvalue weighted by Gasteiger charge is 2.08. The Balaban J connectivity index is 2.74. The fourth-order valence-electron chi connectivity index (χ4n) is 1.02. The molecule has 0 spiro atoms. The van der Waals surface area contributed by atoms with Gasteiger partial charge in [-0.1, -0.05) is 19.9 Å². The number of hydrogen-bond acceptors (Lipinski definition) is 3. The van der Waals surface area contributed by atoms with E-state index in [0.717, 1.165) is 0 Å². The number of amides is 2. The summed E-state index contributed by atoms with van der Waals surface area (Å²) in [4.78, 5) is 26.3. The van der Waals surface area contributed by atoms with Gasteiger partial charge >= 0.3 is 0 Å². The smallest absolute Gasteiger partial charge is 0.228 e. The number of nitrogens with one attached hydrogen (secondary N) is 2. The summed E-state index contributed by atoms with van der Waals surface area (Å²) in [5.41, 5.74) is 0. The number of nitrogens with zero attached hydrogens (tertiary/aromatic N) is 1. The summed E-state index contributed by atoms with van der Waals surface area (Å²) in [5, 5.41) is 5.20. The Bertz CT molecular complexity index is 402. The molecule has 0 aliphatic carbocycles. The van der Waals surface area contributed by atoms with Gasteiger partial charge in [-0.05, 0) is 12.1 Å². The molecule has 0 unspecified atom stereocenters. The van der Waals surface area contributed by atoms with Gasteiger partial charge in [0.1, 0.15) is 11.6 Å². The van der Waals surface area contributed by atoms with Crippen molar-refractivity contribution < 1.29 is 9.59 Å². The van der Waals surface area contributed by atoms with Crippen molar-refractivity contribution >= 4 is 23.5 Å². The van der Waals surface area contributed by atoms with Crippen LogP contribution in [0, 0.1) is 5.92 Å². The molecule has 86 valence electrons. The summed E-state index contributed by atoms with van der Waals surface area (Å²) >= 11 is 0. The highest BCUT2D eigenvalue weighted by molar-refractivity contribution is 5.92. The Labute approximate surface area is 94.3 Å². The molecule has 0 aliphatic rings. The maximum atomic E-state index is 11.4. The maximum Gasteiger partial charge on any atom is 0.228 e. The third-order valence-electron chi connectivity index (χ3n) is 1.83. The van der Waals surface area contributed by atoms with Gasteiger partial charge in [-0.15, -0.1) is 0 Å². The predicted molar refractivity (Wildman–Crippen MR) is 62.0 cm³/mol. The van der Waals surface area contributed by atoms with Crippen molar-refractivity contribution in [3.05, 3.63) is 18.2 Å². The van der Waals surface area contributed by atoms with Gasteiger partial charge in [0.25, 0.3) is 0 Å². The maximum absolute atomic E-state index is 11.4. The minimum absolute atomic E-state index is 0.104. The largest absolute Gasteiger partial charge is 0.311 e. The van der Waals surface area contributed by atoms with Crippen LogP contribution in [0.3, 0.4) is 0 Å². The standard InChI is InChI=1S/C11H15N3O2/c1-7(2)11(16)14-10-6-4-5-9(13-10)12-8(3)15/h4-7H,1-3H3,(H2,12,13,14,15,16). The van der Waals surface area contributed by atoms with E-state index in [1.165, 1.54) is 6.92 Å². The van der Waals surface area contributed by atoms with E-state index in [2.05, 4.69) is 15.6 Å². The van der Waals surface area contributed by atoms with Crippen LogP contribution in [0.1, 0.15) is 20.8 Å². The molecule has 5 heteroatoms. The molecule has 0 radical (unpaired) electrons. The second kappa shape index (κ2) is 5.25. The molecule has 16 heavy (non-hydrogen) atoms. The van der Waals surface area contributed by atoms with Crippen molar-refractivity contribution in [1.82, 2.24) is 4.98 Å². The number of pyridine rings is 1. The molecule has 1 aromatic heterocycles. The van der Waals surface area contributed by atoms with Gasteiger partial charge in [0.2, 0.25) is 11.8 Å². The van der Waals surface area contributed by atoms with Crippen molar-refractivity contribution in [3.8, 4) is 0 Å². The first kappa shape index (κ1) is 12.2. The zero-order chi connectivity index (χ0) is 12.1. The predicted octanol–water partition coefficient (Wildman–Crippen LogP) is 1.63. The van der Waals surface area contributed by atoms with Gasteiger partial charge < -0.3 is 10.6 Å². The average Bonchev–Trinajstić information content (AvgIpc) is 2.16. The fraction of sp³-hybridized carbons (Fsp3) is 0.364. The van der Waals surface area contributed by atoms with E-state index in [-0.39, 0.29) is 17.7 Å². The minimum Gasteiger partial charge on any atom is -0.311 e. The fourth-order valence-corrected chi connectivity index (χ4v) is 1.02. The second-order valence-electron chi connectivity index (χ2n) is 3.73. The van der Waals surface area contributed by atoms with Crippen molar-refractivity contribution in [1.29, 1.82) is 0 Å². The molecule has 1 heterocycles. The molecule has 0 fully saturated rings. The van der Waals surface area contributed by atoms with Gasteiger partial charge in [0.15, 0.2) is 0 Å². The van der Waals surface area contributed by atoms with E-state index in [1.807, 2.05) is 0 Å². The van der Waals surface area contributed by atoms with Crippen LogP contribution in [0.2, 0.25) is 0 Å². The van der Waals surface area contributed by atoms with Crippen LogP contribution in [-0.2, 0) is 9.59 Å². The van der Waals surface area contributed by atoms with E-state index >= 15 is 0 Å². The molecule has 2 N–H and O–H groups in total. The molecule has 1 aromatic rings. The quantitative estimate of drug-likeness (QED) is 0.815. The molecule has 0 atom stereocenters. The van der Waals surface area contributed by atoms with Crippen LogP contribution in [-0.4, -0.2) is 16.8 Å². The first-order valence-electron chi connectivity index (χ1n) is 5.04. The van der Waals surface area contributed by atoms with Gasteiger partial charge in [-0.3, -0.25) is 9.59 Å². The van der Waals surface area contributed by atoms with Crippen molar-refractivity contribution in [3.63, 3.8) is 0 Å². The van der Waals surface area contributed by atoms with E-state index in [9.17, 15) is 9.59 Å². The van der Waals surface area contributed by atoms with E-state index in [4.69, 9.17) is 0 Å². The summed E-state index contributed by atoms with van der Waals surface area (Å²) in [6.07, 6.45) is 0. The summed E-state index contributed by atoms with van der Waals surface area (Å²) in [6, 6.07) is 5.05. The zero-order valence-electron chi connectivity index (χ0n) is 9.57. The highest BCUT2D eigenvalue weighted by Crippen LogP contribution is 2.10. The van der Waals surface area contributed by atoms with Crippen LogP contribution in [0.4, 0.5) is 11.6 Å². The van der Waals surface area contributed by atoms with Crippen molar-refractivity contribution in [2.75, 3.05) is 10.6 Å². The van der Waals surface area contributed by atoms with E-state index in [0.29, 0.717) is 11.6 Å². The van der Waals surface area contributed by atoms with Crippen LogP contribution in [0.25, 0.3) is 0 Å². The van der Waals surface area contributed by atoms with Crippen molar-refractivity contribution in [2.24, 2.45) is 5.92 Å². The van der Waals surface area contributed by atoms with Gasteiger partial charge in [0, 0.05) is 12.8 Å². The number of anilines is 2. The molecule has 1 rings (SSSR count). The Morgan fingerprint density at radius 3 is 2.25 bits per heavy atom. The van der Waals surface area contributed by atoms with Gasteiger partial charge in [-0.25, -0.2) is 4.98 Å². The summed E-state index contributed by atoms with van der Waals surface area (Å²) < 4.78 is 0. The van der Waals surface area contributed by atoms with Crippen LogP contribution in [0.15, 0.2) is 18.2 Å². The first-order valence-corrected chi connectivity index (χ1v) is 5.04. The van der Waals surface area contributed by atoms with Crippen molar-refractivity contribution in [2.45, 2.75) is 20.8 Å². The summed E-state index contributed by atoms with van der Waals surface area (Å²) in [5.74, 6) is 0.456. The Morgan fingerprint density at radius 1 is 1.19 bits per heavy atom. The lowest BCUT2D eigenvalue weighted by molar-refractivity contribution is -0.119. The normalized spacial score (nSPS) is 10.0. The molecular formula is C11H15N3O2. The molecular weight excluding hydrogens is 206 g/mol. The van der Waals surface area contributed by atoms with Crippen LogP contribution < -0.4 is 10.6 Å². The third-order valence-corrected chi connectivity index (χ3v) is 1.83.